The van der Waals surface area contributed by atoms with Crippen LogP contribution in [0.3, 0.4) is 0 Å². The van der Waals surface area contributed by atoms with Gasteiger partial charge in [-0.05, 0) is 30.2 Å². The van der Waals surface area contributed by atoms with Crippen LogP contribution in [0.1, 0.15) is 46.1 Å². The Bertz CT molecular complexity index is 487. The van der Waals surface area contributed by atoms with Gasteiger partial charge in [0.2, 0.25) is 5.91 Å². The van der Waals surface area contributed by atoms with Crippen LogP contribution in [0.15, 0.2) is 30.3 Å². The number of aliphatic carboxylic acids is 1. The highest BCUT2D eigenvalue weighted by Gasteiger charge is 2.26. The molecule has 0 bridgehead atoms. The van der Waals surface area contributed by atoms with Crippen LogP contribution in [0.4, 0.5) is 0 Å². The first-order valence-electron chi connectivity index (χ1n) is 8.36. The first-order chi connectivity index (χ1) is 10.8. The summed E-state index contributed by atoms with van der Waals surface area (Å²) < 4.78 is 0. The van der Waals surface area contributed by atoms with Crippen LogP contribution in [0.25, 0.3) is 0 Å². The molecule has 1 aromatic rings. The SMILES string of the molecule is CC(C)CC(CC(C)C)C(=O)NC(Cc1ccccc1)C(=O)O. The molecule has 0 heterocycles. The van der Waals surface area contributed by atoms with Crippen molar-refractivity contribution in [2.24, 2.45) is 17.8 Å². The molecule has 4 nitrogen and oxygen atoms in total. The Balaban J connectivity index is 2.76. The minimum atomic E-state index is -0.991. The molecule has 1 aromatic carbocycles. The van der Waals surface area contributed by atoms with Crippen molar-refractivity contribution >= 4 is 11.9 Å². The van der Waals surface area contributed by atoms with Crippen molar-refractivity contribution < 1.29 is 14.7 Å². The van der Waals surface area contributed by atoms with Gasteiger partial charge in [-0.25, -0.2) is 4.79 Å². The Morgan fingerprint density at radius 1 is 1.00 bits per heavy atom. The first kappa shape index (κ1) is 19.2. The molecule has 0 saturated carbocycles. The number of carbonyl (C=O) groups excluding carboxylic acids is 1. The fourth-order valence-electron chi connectivity index (χ4n) is 2.79. The van der Waals surface area contributed by atoms with E-state index in [1.54, 1.807) is 0 Å². The standard InChI is InChI=1S/C19H29NO3/c1-13(2)10-16(11-14(3)4)18(21)20-17(19(22)23)12-15-8-6-5-7-9-15/h5-9,13-14,16-17H,10-12H2,1-4H3,(H,20,21)(H,22,23). The van der Waals surface area contributed by atoms with Crippen molar-refractivity contribution in [3.8, 4) is 0 Å². The van der Waals surface area contributed by atoms with Crippen LogP contribution in [0.2, 0.25) is 0 Å². The molecule has 0 aliphatic rings. The molecule has 1 amide bonds. The van der Waals surface area contributed by atoms with E-state index in [9.17, 15) is 14.7 Å². The van der Waals surface area contributed by atoms with Crippen molar-refractivity contribution in [1.29, 1.82) is 0 Å². The van der Waals surface area contributed by atoms with E-state index in [0.717, 1.165) is 18.4 Å². The van der Waals surface area contributed by atoms with Gasteiger partial charge in [0, 0.05) is 12.3 Å². The van der Waals surface area contributed by atoms with Crippen LogP contribution in [-0.2, 0) is 16.0 Å². The van der Waals surface area contributed by atoms with Gasteiger partial charge in [-0.2, -0.15) is 0 Å². The monoisotopic (exact) mass is 319 g/mol. The highest BCUT2D eigenvalue weighted by molar-refractivity contribution is 5.85. The first-order valence-corrected chi connectivity index (χ1v) is 8.36. The summed E-state index contributed by atoms with van der Waals surface area (Å²) in [6.07, 6.45) is 1.86. The molecule has 2 N–H and O–H groups in total. The average molecular weight is 319 g/mol. The van der Waals surface area contributed by atoms with Crippen molar-refractivity contribution in [2.75, 3.05) is 0 Å². The van der Waals surface area contributed by atoms with E-state index in [4.69, 9.17) is 0 Å². The number of nitrogens with one attached hydrogen (secondary N) is 1. The number of amides is 1. The van der Waals surface area contributed by atoms with Crippen LogP contribution in [0, 0.1) is 17.8 Å². The quantitative estimate of drug-likeness (QED) is 0.732. The van der Waals surface area contributed by atoms with E-state index in [2.05, 4.69) is 33.0 Å². The minimum Gasteiger partial charge on any atom is -0.480 e. The van der Waals surface area contributed by atoms with E-state index in [0.29, 0.717) is 18.3 Å². The molecule has 0 aliphatic heterocycles. The zero-order valence-electron chi connectivity index (χ0n) is 14.6. The van der Waals surface area contributed by atoms with E-state index in [1.807, 2.05) is 30.3 Å². The van der Waals surface area contributed by atoms with Crippen LogP contribution >= 0.6 is 0 Å². The Kier molecular flexibility index (Phi) is 7.79. The third-order valence-corrected chi connectivity index (χ3v) is 3.78. The Morgan fingerprint density at radius 2 is 1.52 bits per heavy atom. The molecule has 0 aromatic heterocycles. The maximum absolute atomic E-state index is 12.5. The molecule has 0 radical (unpaired) electrons. The highest BCUT2D eigenvalue weighted by atomic mass is 16.4. The number of carboxylic acids is 1. The van der Waals surface area contributed by atoms with Gasteiger partial charge in [0.05, 0.1) is 0 Å². The van der Waals surface area contributed by atoms with E-state index in [-0.39, 0.29) is 11.8 Å². The van der Waals surface area contributed by atoms with E-state index >= 15 is 0 Å². The summed E-state index contributed by atoms with van der Waals surface area (Å²) >= 11 is 0. The van der Waals surface area contributed by atoms with Gasteiger partial charge < -0.3 is 10.4 Å². The molecular formula is C19H29NO3. The van der Waals surface area contributed by atoms with Crippen LogP contribution in [-0.4, -0.2) is 23.0 Å². The second kappa shape index (κ2) is 9.33. The molecule has 1 unspecified atom stereocenters. The summed E-state index contributed by atoms with van der Waals surface area (Å²) in [7, 11) is 0. The molecule has 0 saturated heterocycles. The summed E-state index contributed by atoms with van der Waals surface area (Å²) in [6, 6.07) is 8.50. The second-order valence-corrected chi connectivity index (χ2v) is 7.05. The molecule has 128 valence electrons. The second-order valence-electron chi connectivity index (χ2n) is 7.05. The lowest BCUT2D eigenvalue weighted by Gasteiger charge is -2.23. The summed E-state index contributed by atoms with van der Waals surface area (Å²) in [5, 5.41) is 12.2. The maximum Gasteiger partial charge on any atom is 0.326 e. The topological polar surface area (TPSA) is 66.4 Å². The van der Waals surface area contributed by atoms with E-state index < -0.39 is 12.0 Å². The van der Waals surface area contributed by atoms with E-state index in [1.165, 1.54) is 0 Å². The lowest BCUT2D eigenvalue weighted by atomic mass is 9.88. The van der Waals surface area contributed by atoms with Gasteiger partial charge >= 0.3 is 5.97 Å². The number of carboxylic acid groups (broad SMARTS) is 1. The summed E-state index contributed by atoms with van der Waals surface area (Å²) in [5.41, 5.74) is 0.907. The fourth-order valence-corrected chi connectivity index (χ4v) is 2.79. The predicted octanol–water partition coefficient (Wildman–Crippen LogP) is 3.51. The zero-order chi connectivity index (χ0) is 17.4. The molecule has 1 atom stereocenters. The molecule has 0 aliphatic carbocycles. The highest BCUT2D eigenvalue weighted by Crippen LogP contribution is 2.20. The minimum absolute atomic E-state index is 0.132. The normalized spacial score (nSPS) is 12.7. The van der Waals surface area contributed by atoms with Gasteiger partial charge in [-0.15, -0.1) is 0 Å². The van der Waals surface area contributed by atoms with Crippen LogP contribution in [0.5, 0.6) is 0 Å². The zero-order valence-corrected chi connectivity index (χ0v) is 14.6. The molecule has 0 fully saturated rings. The van der Waals surface area contributed by atoms with Crippen molar-refractivity contribution in [3.63, 3.8) is 0 Å². The van der Waals surface area contributed by atoms with Gasteiger partial charge in [-0.3, -0.25) is 4.79 Å². The molecular weight excluding hydrogens is 290 g/mol. The number of rotatable bonds is 9. The molecule has 4 heteroatoms. The third kappa shape index (κ3) is 7.31. The van der Waals surface area contributed by atoms with Crippen molar-refractivity contribution in [3.05, 3.63) is 35.9 Å². The van der Waals surface area contributed by atoms with Crippen molar-refractivity contribution in [1.82, 2.24) is 5.32 Å². The fraction of sp³-hybridized carbons (Fsp3) is 0.579. The Labute approximate surface area is 139 Å². The number of carbonyl (C=O) groups is 2. The number of benzene rings is 1. The molecule has 23 heavy (non-hydrogen) atoms. The van der Waals surface area contributed by atoms with Gasteiger partial charge in [0.1, 0.15) is 6.04 Å². The number of hydrogen-bond acceptors (Lipinski definition) is 2. The lowest BCUT2D eigenvalue weighted by molar-refractivity contribution is -0.142. The van der Waals surface area contributed by atoms with Crippen molar-refractivity contribution in [2.45, 2.75) is 53.0 Å². The third-order valence-electron chi connectivity index (χ3n) is 3.78. The Hall–Kier alpha value is -1.84. The number of hydrogen-bond donors (Lipinski definition) is 2. The summed E-state index contributed by atoms with van der Waals surface area (Å²) in [5.74, 6) is -0.456. The maximum atomic E-state index is 12.5. The van der Waals surface area contributed by atoms with Gasteiger partial charge in [0.15, 0.2) is 0 Å². The smallest absolute Gasteiger partial charge is 0.326 e. The summed E-state index contributed by atoms with van der Waals surface area (Å²) in [4.78, 5) is 24.0. The van der Waals surface area contributed by atoms with Gasteiger partial charge in [-0.1, -0.05) is 58.0 Å². The lowest BCUT2D eigenvalue weighted by Crippen LogP contribution is -2.45. The Morgan fingerprint density at radius 3 is 1.96 bits per heavy atom. The van der Waals surface area contributed by atoms with Gasteiger partial charge in [0.25, 0.3) is 0 Å². The molecule has 0 spiro atoms. The molecule has 1 rings (SSSR count). The predicted molar refractivity (Wildman–Crippen MR) is 92.1 cm³/mol. The largest absolute Gasteiger partial charge is 0.480 e. The average Bonchev–Trinajstić information content (AvgIpc) is 2.45. The summed E-state index contributed by atoms with van der Waals surface area (Å²) in [6.45, 7) is 8.33. The van der Waals surface area contributed by atoms with Crippen LogP contribution < -0.4 is 5.32 Å².